The number of benzene rings is 1. The Bertz CT molecular complexity index is 646. The molecule has 1 fully saturated rings. The smallest absolute Gasteiger partial charge is 0.0702 e. The van der Waals surface area contributed by atoms with E-state index in [-0.39, 0.29) is 11.1 Å². The minimum absolute atomic E-state index is 0.175. The average Bonchev–Trinajstić information content (AvgIpc) is 2.43. The first kappa shape index (κ1) is 14.5. The van der Waals surface area contributed by atoms with Crippen molar-refractivity contribution in [1.29, 1.82) is 0 Å². The molecule has 1 aromatic carbocycles. The van der Waals surface area contributed by atoms with Crippen LogP contribution in [0.5, 0.6) is 0 Å². The van der Waals surface area contributed by atoms with E-state index in [0.717, 1.165) is 25.2 Å². The van der Waals surface area contributed by atoms with Gasteiger partial charge in [0.25, 0.3) is 0 Å². The number of piperazine rings is 1. The van der Waals surface area contributed by atoms with Crippen LogP contribution in [-0.4, -0.2) is 34.1 Å². The summed E-state index contributed by atoms with van der Waals surface area (Å²) in [5.41, 5.74) is 2.79. The molecule has 0 radical (unpaired) electrons. The van der Waals surface area contributed by atoms with Crippen molar-refractivity contribution >= 4 is 10.9 Å². The lowest BCUT2D eigenvalue weighted by molar-refractivity contribution is 0.0324. The summed E-state index contributed by atoms with van der Waals surface area (Å²) in [5, 5.41) is 4.87. The fourth-order valence-corrected chi connectivity index (χ4v) is 3.03. The lowest BCUT2D eigenvalue weighted by atomic mass is 9.91. The van der Waals surface area contributed by atoms with Crippen molar-refractivity contribution in [1.82, 2.24) is 15.2 Å². The summed E-state index contributed by atoms with van der Waals surface area (Å²) in [5.74, 6) is 0. The molecule has 0 unspecified atom stereocenters. The summed E-state index contributed by atoms with van der Waals surface area (Å²) >= 11 is 0. The maximum absolute atomic E-state index is 4.40. The Labute approximate surface area is 127 Å². The zero-order valence-corrected chi connectivity index (χ0v) is 13.5. The monoisotopic (exact) mass is 283 g/mol. The fourth-order valence-electron chi connectivity index (χ4n) is 3.03. The third-order valence-corrected chi connectivity index (χ3v) is 4.48. The molecule has 3 nitrogen and oxygen atoms in total. The molecular weight excluding hydrogens is 258 g/mol. The van der Waals surface area contributed by atoms with Gasteiger partial charge in [-0.2, -0.15) is 0 Å². The summed E-state index contributed by atoms with van der Waals surface area (Å²) in [6, 6.07) is 10.8. The molecule has 1 aliphatic heterocycles. The highest BCUT2D eigenvalue weighted by Gasteiger charge is 2.37. The van der Waals surface area contributed by atoms with Crippen molar-refractivity contribution in [3.63, 3.8) is 0 Å². The number of fused-ring (bicyclic) bond motifs is 1. The van der Waals surface area contributed by atoms with Gasteiger partial charge in [0.15, 0.2) is 0 Å². The Morgan fingerprint density at radius 2 is 2.00 bits per heavy atom. The van der Waals surface area contributed by atoms with Crippen LogP contribution < -0.4 is 5.32 Å². The molecule has 2 heterocycles. The Morgan fingerprint density at radius 3 is 2.81 bits per heavy atom. The van der Waals surface area contributed by atoms with E-state index in [0.29, 0.717) is 0 Å². The highest BCUT2D eigenvalue weighted by atomic mass is 15.3. The molecule has 0 saturated carbocycles. The van der Waals surface area contributed by atoms with Gasteiger partial charge in [0.2, 0.25) is 0 Å². The van der Waals surface area contributed by atoms with E-state index >= 15 is 0 Å². The standard InChI is InChI=1S/C18H25N3/c1-17(2)13-21(18(3,4)12-20-17)11-14-7-8-16-15(10-14)6-5-9-19-16/h5-10,20H,11-13H2,1-4H3. The van der Waals surface area contributed by atoms with E-state index in [9.17, 15) is 0 Å². The lowest BCUT2D eigenvalue weighted by Gasteiger charge is -2.49. The quantitative estimate of drug-likeness (QED) is 0.917. The van der Waals surface area contributed by atoms with Crippen LogP contribution in [0.3, 0.4) is 0 Å². The van der Waals surface area contributed by atoms with Crippen molar-refractivity contribution in [3.05, 3.63) is 42.1 Å². The van der Waals surface area contributed by atoms with Crippen molar-refractivity contribution in [3.8, 4) is 0 Å². The first-order valence-electron chi connectivity index (χ1n) is 7.70. The molecule has 1 aromatic heterocycles. The molecule has 3 rings (SSSR count). The Kier molecular flexibility index (Phi) is 3.50. The van der Waals surface area contributed by atoms with Crippen LogP contribution in [0.15, 0.2) is 36.5 Å². The number of rotatable bonds is 2. The van der Waals surface area contributed by atoms with Crippen molar-refractivity contribution < 1.29 is 0 Å². The van der Waals surface area contributed by atoms with Gasteiger partial charge < -0.3 is 5.32 Å². The zero-order valence-electron chi connectivity index (χ0n) is 13.5. The minimum Gasteiger partial charge on any atom is -0.309 e. The largest absolute Gasteiger partial charge is 0.309 e. The summed E-state index contributed by atoms with van der Waals surface area (Å²) in [4.78, 5) is 6.98. The molecule has 0 aliphatic carbocycles. The molecular formula is C18H25N3. The van der Waals surface area contributed by atoms with Gasteiger partial charge >= 0.3 is 0 Å². The van der Waals surface area contributed by atoms with E-state index < -0.39 is 0 Å². The summed E-state index contributed by atoms with van der Waals surface area (Å²) < 4.78 is 0. The molecule has 3 heteroatoms. The van der Waals surface area contributed by atoms with Crippen LogP contribution in [0, 0.1) is 0 Å². The first-order chi connectivity index (χ1) is 9.86. The summed E-state index contributed by atoms with van der Waals surface area (Å²) in [6.45, 7) is 12.3. The van der Waals surface area contributed by atoms with Gasteiger partial charge in [0.1, 0.15) is 0 Å². The number of hydrogen-bond donors (Lipinski definition) is 1. The molecule has 1 aliphatic rings. The number of pyridine rings is 1. The molecule has 0 amide bonds. The normalized spacial score (nSPS) is 21.5. The van der Waals surface area contributed by atoms with Gasteiger partial charge in [0.05, 0.1) is 5.52 Å². The molecule has 112 valence electrons. The van der Waals surface area contributed by atoms with Gasteiger partial charge in [-0.3, -0.25) is 9.88 Å². The van der Waals surface area contributed by atoms with Gasteiger partial charge in [-0.15, -0.1) is 0 Å². The Hall–Kier alpha value is -1.45. The van der Waals surface area contributed by atoms with Crippen LogP contribution in [0.4, 0.5) is 0 Å². The summed E-state index contributed by atoms with van der Waals surface area (Å²) in [6.07, 6.45) is 1.85. The second kappa shape index (κ2) is 5.08. The van der Waals surface area contributed by atoms with Crippen LogP contribution in [0.25, 0.3) is 10.9 Å². The number of hydrogen-bond acceptors (Lipinski definition) is 3. The van der Waals surface area contributed by atoms with Crippen LogP contribution in [0.1, 0.15) is 33.3 Å². The zero-order chi connectivity index (χ0) is 15.1. The van der Waals surface area contributed by atoms with Crippen LogP contribution in [-0.2, 0) is 6.54 Å². The van der Waals surface area contributed by atoms with Gasteiger partial charge in [0, 0.05) is 42.3 Å². The molecule has 1 N–H and O–H groups in total. The molecule has 2 aromatic rings. The highest BCUT2D eigenvalue weighted by molar-refractivity contribution is 5.78. The van der Waals surface area contributed by atoms with E-state index in [2.05, 4.69) is 67.2 Å². The molecule has 1 saturated heterocycles. The third-order valence-electron chi connectivity index (χ3n) is 4.48. The van der Waals surface area contributed by atoms with E-state index in [1.54, 1.807) is 0 Å². The SMILES string of the molecule is CC1(C)CN(Cc2ccc3ncccc3c2)C(C)(C)CN1. The van der Waals surface area contributed by atoms with Gasteiger partial charge in [-0.25, -0.2) is 0 Å². The van der Waals surface area contributed by atoms with Crippen molar-refractivity contribution in [2.75, 3.05) is 13.1 Å². The number of nitrogens with zero attached hydrogens (tertiary/aromatic N) is 2. The predicted octanol–water partition coefficient (Wildman–Crippen LogP) is 3.20. The molecule has 0 atom stereocenters. The lowest BCUT2D eigenvalue weighted by Crippen LogP contribution is -2.65. The van der Waals surface area contributed by atoms with Gasteiger partial charge in [-0.1, -0.05) is 12.1 Å². The molecule has 0 bridgehead atoms. The fraction of sp³-hybridized carbons (Fsp3) is 0.500. The topological polar surface area (TPSA) is 28.2 Å². The first-order valence-corrected chi connectivity index (χ1v) is 7.70. The van der Waals surface area contributed by atoms with Crippen LogP contribution >= 0.6 is 0 Å². The van der Waals surface area contributed by atoms with Crippen molar-refractivity contribution in [2.24, 2.45) is 0 Å². The second-order valence-corrected chi connectivity index (χ2v) is 7.44. The summed E-state index contributed by atoms with van der Waals surface area (Å²) in [7, 11) is 0. The number of nitrogens with one attached hydrogen (secondary N) is 1. The number of aromatic nitrogens is 1. The van der Waals surface area contributed by atoms with E-state index in [1.165, 1.54) is 10.9 Å². The molecule has 21 heavy (non-hydrogen) atoms. The van der Waals surface area contributed by atoms with Crippen LogP contribution in [0.2, 0.25) is 0 Å². The van der Waals surface area contributed by atoms with E-state index in [4.69, 9.17) is 0 Å². The van der Waals surface area contributed by atoms with Crippen molar-refractivity contribution in [2.45, 2.75) is 45.3 Å². The highest BCUT2D eigenvalue weighted by Crippen LogP contribution is 2.26. The van der Waals surface area contributed by atoms with E-state index in [1.807, 2.05) is 12.3 Å². The Balaban J connectivity index is 1.86. The second-order valence-electron chi connectivity index (χ2n) is 7.44. The Morgan fingerprint density at radius 1 is 1.19 bits per heavy atom. The minimum atomic E-state index is 0.175. The molecule has 0 spiro atoms. The maximum atomic E-state index is 4.40. The average molecular weight is 283 g/mol. The maximum Gasteiger partial charge on any atom is 0.0702 e. The predicted molar refractivity (Wildman–Crippen MR) is 88.3 cm³/mol. The third kappa shape index (κ3) is 3.09. The van der Waals surface area contributed by atoms with Gasteiger partial charge in [-0.05, 0) is 51.5 Å².